The molecule has 66 heavy (non-hydrogen) atoms. The molecule has 0 aromatic heterocycles. The minimum atomic E-state index is -1.18. The van der Waals surface area contributed by atoms with Gasteiger partial charge in [-0.25, -0.2) is 0 Å². The average Bonchev–Trinajstić information content (AvgIpc) is 4.16. The van der Waals surface area contributed by atoms with Crippen molar-refractivity contribution in [1.82, 2.24) is 41.3 Å². The van der Waals surface area contributed by atoms with Crippen LogP contribution in [0.5, 0.6) is 0 Å². The van der Waals surface area contributed by atoms with Gasteiger partial charge >= 0.3 is 5.96 Å². The number of amides is 8. The highest BCUT2D eigenvalue weighted by molar-refractivity contribution is 5.98. The average molecular weight is 925 g/mol. The quantitative estimate of drug-likeness (QED) is 0.0238. The summed E-state index contributed by atoms with van der Waals surface area (Å²) < 4.78 is 0. The molecule has 8 amide bonds. The maximum atomic E-state index is 14.5. The molecule has 0 radical (unpaired) electrons. The second-order valence-electron chi connectivity index (χ2n) is 17.6. The minimum Gasteiger partial charge on any atom is -0.394 e. The molecule has 0 unspecified atom stereocenters. The summed E-state index contributed by atoms with van der Waals surface area (Å²) >= 11 is 0. The van der Waals surface area contributed by atoms with Gasteiger partial charge in [-0.15, -0.1) is 0 Å². The fourth-order valence-electron chi connectivity index (χ4n) is 9.13. The number of benzene rings is 1. The summed E-state index contributed by atoms with van der Waals surface area (Å²) in [7, 11) is 0. The smallest absolute Gasteiger partial charge is 0.338 e. The Morgan fingerprint density at radius 3 is 1.94 bits per heavy atom. The topological polar surface area (TPSA) is 326 Å². The van der Waals surface area contributed by atoms with Crippen LogP contribution in [0.2, 0.25) is 0 Å². The lowest BCUT2D eigenvalue weighted by atomic mass is 10.0. The van der Waals surface area contributed by atoms with Gasteiger partial charge in [0.05, 0.1) is 19.7 Å². The molecule has 1 aromatic rings. The summed E-state index contributed by atoms with van der Waals surface area (Å²) in [6, 6.07) is 0.437. The zero-order chi connectivity index (χ0) is 47.9. The molecule has 22 heteroatoms. The summed E-state index contributed by atoms with van der Waals surface area (Å²) in [5.41, 5.74) is 11.9. The molecule has 0 bridgehead atoms. The molecular formula is C44H68N12O10+2. The predicted octanol–water partition coefficient (Wildman–Crippen LogP) is -6.28. The van der Waals surface area contributed by atoms with Gasteiger partial charge in [0, 0.05) is 38.9 Å². The van der Waals surface area contributed by atoms with Crippen LogP contribution in [0, 0.1) is 0 Å². The first-order valence-electron chi connectivity index (χ1n) is 23.1. The number of carbonyl (C=O) groups is 9. The summed E-state index contributed by atoms with van der Waals surface area (Å²) in [5, 5.41) is 24.9. The number of nitrogens with zero attached hydrogens (tertiary/aromatic N) is 3. The second kappa shape index (κ2) is 24.4. The van der Waals surface area contributed by atoms with E-state index in [1.165, 1.54) is 28.5 Å². The molecule has 0 spiro atoms. The first kappa shape index (κ1) is 50.8. The van der Waals surface area contributed by atoms with Gasteiger partial charge in [-0.3, -0.25) is 54.8 Å². The van der Waals surface area contributed by atoms with E-state index in [-0.39, 0.29) is 56.9 Å². The van der Waals surface area contributed by atoms with Crippen molar-refractivity contribution >= 4 is 59.5 Å². The van der Waals surface area contributed by atoms with Crippen molar-refractivity contribution in [2.24, 2.45) is 11.5 Å². The van der Waals surface area contributed by atoms with E-state index in [4.69, 9.17) is 11.5 Å². The normalized spacial score (nSPS) is 22.6. The second-order valence-corrected chi connectivity index (χ2v) is 17.6. The Bertz CT molecular complexity index is 1940. The van der Waals surface area contributed by atoms with Crippen LogP contribution < -0.4 is 48.4 Å². The molecule has 362 valence electrons. The molecule has 9 atom stereocenters. The van der Waals surface area contributed by atoms with Gasteiger partial charge in [-0.1, -0.05) is 30.3 Å². The van der Waals surface area contributed by atoms with Crippen LogP contribution in [0.25, 0.3) is 0 Å². The van der Waals surface area contributed by atoms with Crippen LogP contribution in [0.4, 0.5) is 0 Å². The monoisotopic (exact) mass is 925 g/mol. The molecule has 4 aliphatic rings. The first-order chi connectivity index (χ1) is 31.6. The highest BCUT2D eigenvalue weighted by Gasteiger charge is 2.45. The molecule has 4 fully saturated rings. The van der Waals surface area contributed by atoms with E-state index in [1.807, 2.05) is 5.32 Å². The molecule has 22 nitrogen and oxygen atoms in total. The Labute approximate surface area is 384 Å². The number of carbonyl (C=O) groups excluding carboxylic acids is 9. The van der Waals surface area contributed by atoms with Crippen LogP contribution >= 0.6 is 0 Å². The van der Waals surface area contributed by atoms with E-state index in [1.54, 1.807) is 30.3 Å². The zero-order valence-electron chi connectivity index (χ0n) is 37.9. The summed E-state index contributed by atoms with van der Waals surface area (Å²) in [5.74, 6) is -4.12. The lowest BCUT2D eigenvalue weighted by Gasteiger charge is -2.34. The van der Waals surface area contributed by atoms with E-state index in [0.717, 1.165) is 18.5 Å². The standard InChI is InChI=1S/C44H66N12O10/c1-26(49-37(60)30-13-6-18-47-30)36(59)50-27(2)41(64)54-20-8-15-33(54)39(62)52-31(14-7-19-48-44(45)46)42(65)56-22-10-17-35(56)43(66)55-21-9-16-34(55)40(63)53-32(23-28-11-4-3-5-12-28)38(61)51-29(24-57)25-58/h3-5,11-12,24,26-27,29-35,47,58H,6-10,13-23,25H2,1-2H3,(H,49,60)(H,50,59)(H,51,61)(H,52,62)(H,53,63)(H4,45,46,48)/p+2/t26-,27-,29+,30-,31-,32-,33-,34-,35-/m0/s1. The molecular weight excluding hydrogens is 857 g/mol. The Morgan fingerprint density at radius 1 is 0.727 bits per heavy atom. The Hall–Kier alpha value is -6.16. The van der Waals surface area contributed by atoms with Crippen molar-refractivity contribution in [2.45, 2.75) is 139 Å². The number of quaternary nitrogens is 1. The largest absolute Gasteiger partial charge is 0.394 e. The van der Waals surface area contributed by atoms with E-state index in [9.17, 15) is 48.3 Å². The van der Waals surface area contributed by atoms with Crippen molar-refractivity contribution < 1.29 is 58.6 Å². The maximum absolute atomic E-state index is 14.5. The number of nitrogens with one attached hydrogen (secondary N) is 6. The predicted molar refractivity (Wildman–Crippen MR) is 237 cm³/mol. The molecule has 5 rings (SSSR count). The number of aliphatic hydroxyl groups excluding tert-OH is 1. The van der Waals surface area contributed by atoms with E-state index >= 15 is 0 Å². The van der Waals surface area contributed by atoms with Crippen molar-refractivity contribution in [2.75, 3.05) is 39.3 Å². The fraction of sp³-hybridized carbons (Fsp3) is 0.636. The van der Waals surface area contributed by atoms with Crippen LogP contribution in [0.15, 0.2) is 30.3 Å². The minimum absolute atomic E-state index is 0.0240. The van der Waals surface area contributed by atoms with Crippen molar-refractivity contribution in [3.8, 4) is 0 Å². The summed E-state index contributed by atoms with van der Waals surface area (Å²) in [6.07, 6.45) is 4.91. The van der Waals surface area contributed by atoms with Gasteiger partial charge < -0.3 is 56.5 Å². The van der Waals surface area contributed by atoms with Crippen LogP contribution in [0.3, 0.4) is 0 Å². The molecule has 0 saturated carbocycles. The Kier molecular flexibility index (Phi) is 18.8. The molecule has 4 saturated heterocycles. The molecule has 13 N–H and O–H groups in total. The van der Waals surface area contributed by atoms with Crippen LogP contribution in [0.1, 0.15) is 83.6 Å². The summed E-state index contributed by atoms with van der Waals surface area (Å²) in [6.45, 7) is 4.20. The third-order valence-electron chi connectivity index (χ3n) is 12.7. The molecule has 0 aliphatic carbocycles. The van der Waals surface area contributed by atoms with Crippen molar-refractivity contribution in [1.29, 1.82) is 0 Å². The lowest BCUT2D eigenvalue weighted by Crippen LogP contribution is -2.89. The number of aldehydes is 1. The number of guanidine groups is 1. The van der Waals surface area contributed by atoms with Gasteiger partial charge in [-0.05, 0) is 70.8 Å². The van der Waals surface area contributed by atoms with Crippen LogP contribution in [-0.4, -0.2) is 173 Å². The van der Waals surface area contributed by atoms with Crippen molar-refractivity contribution in [3.05, 3.63) is 35.9 Å². The number of nitrogens with two attached hydrogens (primary N) is 3. The Morgan fingerprint density at radius 2 is 1.33 bits per heavy atom. The van der Waals surface area contributed by atoms with Gasteiger partial charge in [0.1, 0.15) is 54.6 Å². The first-order valence-corrected chi connectivity index (χ1v) is 23.1. The number of aliphatic hydroxyl groups is 1. The fourth-order valence-corrected chi connectivity index (χ4v) is 9.13. The van der Waals surface area contributed by atoms with Gasteiger partial charge in [0.2, 0.25) is 41.4 Å². The Balaban J connectivity index is 1.25. The number of rotatable bonds is 21. The van der Waals surface area contributed by atoms with E-state index < -0.39 is 96.3 Å². The third kappa shape index (κ3) is 13.5. The zero-order valence-corrected chi connectivity index (χ0v) is 37.9. The van der Waals surface area contributed by atoms with E-state index in [2.05, 4.69) is 31.6 Å². The van der Waals surface area contributed by atoms with Crippen molar-refractivity contribution in [3.63, 3.8) is 0 Å². The number of hydrogen-bond acceptors (Lipinski definition) is 10. The summed E-state index contributed by atoms with van der Waals surface area (Å²) in [4.78, 5) is 128. The molecule has 4 heterocycles. The van der Waals surface area contributed by atoms with Gasteiger partial charge in [0.15, 0.2) is 6.04 Å². The highest BCUT2D eigenvalue weighted by atomic mass is 16.3. The van der Waals surface area contributed by atoms with Crippen LogP contribution in [-0.2, 0) is 49.6 Å². The number of hydrogen-bond donors (Lipinski definition) is 10. The van der Waals surface area contributed by atoms with Gasteiger partial charge in [0.25, 0.3) is 5.91 Å². The molecule has 4 aliphatic heterocycles. The third-order valence-corrected chi connectivity index (χ3v) is 12.7. The highest BCUT2D eigenvalue weighted by Crippen LogP contribution is 2.27. The number of likely N-dealkylation sites (tertiary alicyclic amines) is 3. The lowest BCUT2D eigenvalue weighted by molar-refractivity contribution is -0.657. The van der Waals surface area contributed by atoms with Gasteiger partial charge in [-0.2, -0.15) is 0 Å². The van der Waals surface area contributed by atoms with E-state index in [0.29, 0.717) is 57.7 Å². The SMILES string of the molecule is C[C@H](NC(=O)[C@@H]1CCC[NH2+]1)C(=O)N[C@@H](C)C(=O)N1CCC[C@H]1C(=O)N[C@@H](CCC[NH+]=C(N)N)C(=O)N1CCC[C@H]1C(=O)N1CCC[C@H]1C(=O)N[C@@H](Cc1ccccc1)C(=O)N[C@H](C=O)CO. The maximum Gasteiger partial charge on any atom is 0.338 e. The molecule has 1 aromatic carbocycles.